The Hall–Kier alpha value is -1.31. The molecule has 0 N–H and O–H groups in total. The van der Waals surface area contributed by atoms with E-state index < -0.39 is 0 Å². The minimum Gasteiger partial charge on any atom is -0.369 e. The molecule has 2 rings (SSSR count). The smallest absolute Gasteiger partial charge is 0.108 e. The van der Waals surface area contributed by atoms with Crippen LogP contribution in [0.5, 0.6) is 0 Å². The van der Waals surface area contributed by atoms with Gasteiger partial charge in [0.15, 0.2) is 0 Å². The predicted octanol–water partition coefficient (Wildman–Crippen LogP) is 4.86. The average molecular weight is 261 g/mol. The zero-order valence-electron chi connectivity index (χ0n) is 10.5. The van der Waals surface area contributed by atoms with Gasteiger partial charge in [0, 0.05) is 11.6 Å². The fraction of sp³-hybridized carbons (Fsp3) is 0.250. The summed E-state index contributed by atoms with van der Waals surface area (Å²) in [6, 6.07) is 18.1. The third kappa shape index (κ3) is 3.34. The van der Waals surface area contributed by atoms with E-state index in [-0.39, 0.29) is 6.10 Å². The minimum atomic E-state index is -0.0107. The summed E-state index contributed by atoms with van der Waals surface area (Å²) in [7, 11) is 0. The van der Waals surface area contributed by atoms with Crippen LogP contribution in [0.1, 0.15) is 30.6 Å². The van der Waals surface area contributed by atoms with E-state index >= 15 is 0 Å². The molecule has 0 bridgehead atoms. The maximum Gasteiger partial charge on any atom is 0.108 e. The normalized spacial score (nSPS) is 12.3. The third-order valence-electron chi connectivity index (χ3n) is 2.76. The van der Waals surface area contributed by atoms with Crippen LogP contribution in [0.3, 0.4) is 0 Å². The van der Waals surface area contributed by atoms with Crippen molar-refractivity contribution in [1.82, 2.24) is 0 Å². The summed E-state index contributed by atoms with van der Waals surface area (Å²) >= 11 is 5.93. The summed E-state index contributed by atoms with van der Waals surface area (Å²) < 4.78 is 5.96. The second kappa shape index (κ2) is 6.58. The largest absolute Gasteiger partial charge is 0.369 e. The van der Waals surface area contributed by atoms with Gasteiger partial charge in [0.2, 0.25) is 0 Å². The Balaban J connectivity index is 2.27. The van der Waals surface area contributed by atoms with Crippen molar-refractivity contribution in [3.05, 3.63) is 70.7 Å². The molecule has 0 radical (unpaired) electrons. The number of ether oxygens (including phenoxy) is 1. The van der Waals surface area contributed by atoms with Crippen LogP contribution in [0.2, 0.25) is 5.02 Å². The van der Waals surface area contributed by atoms with Crippen molar-refractivity contribution in [2.45, 2.75) is 19.4 Å². The maximum atomic E-state index is 5.96. The molecule has 18 heavy (non-hydrogen) atoms. The fourth-order valence-corrected chi connectivity index (χ4v) is 2.01. The molecule has 0 aliphatic rings. The van der Waals surface area contributed by atoms with Crippen LogP contribution < -0.4 is 0 Å². The van der Waals surface area contributed by atoms with Crippen molar-refractivity contribution >= 4 is 11.6 Å². The Kier molecular flexibility index (Phi) is 4.80. The van der Waals surface area contributed by atoms with Gasteiger partial charge in [-0.1, -0.05) is 61.0 Å². The highest BCUT2D eigenvalue weighted by Crippen LogP contribution is 2.27. The Morgan fingerprint density at radius 3 is 2.17 bits per heavy atom. The van der Waals surface area contributed by atoms with Gasteiger partial charge < -0.3 is 4.74 Å². The van der Waals surface area contributed by atoms with E-state index in [0.717, 1.165) is 23.6 Å². The van der Waals surface area contributed by atoms with Gasteiger partial charge in [0.25, 0.3) is 0 Å². The molecule has 0 spiro atoms. The number of hydrogen-bond donors (Lipinski definition) is 0. The van der Waals surface area contributed by atoms with E-state index in [1.54, 1.807) is 0 Å². The number of rotatable bonds is 5. The maximum absolute atomic E-state index is 5.96. The van der Waals surface area contributed by atoms with Gasteiger partial charge in [0.1, 0.15) is 6.10 Å². The van der Waals surface area contributed by atoms with Crippen LogP contribution in [0.15, 0.2) is 54.6 Å². The molecule has 0 saturated heterocycles. The van der Waals surface area contributed by atoms with Crippen molar-refractivity contribution in [3.63, 3.8) is 0 Å². The lowest BCUT2D eigenvalue weighted by Crippen LogP contribution is -2.06. The van der Waals surface area contributed by atoms with Crippen molar-refractivity contribution in [2.24, 2.45) is 0 Å². The number of hydrogen-bond acceptors (Lipinski definition) is 1. The minimum absolute atomic E-state index is 0.0107. The molecule has 0 saturated carbocycles. The molecule has 2 heteroatoms. The van der Waals surface area contributed by atoms with E-state index in [1.807, 2.05) is 42.5 Å². The zero-order valence-corrected chi connectivity index (χ0v) is 11.2. The standard InChI is InChI=1S/C16H17ClO/c1-2-12-18-16(13-6-4-3-5-7-13)14-8-10-15(17)11-9-14/h3-11,16H,2,12H2,1H3. The summed E-state index contributed by atoms with van der Waals surface area (Å²) in [5.41, 5.74) is 2.31. The molecule has 2 aromatic carbocycles. The van der Waals surface area contributed by atoms with Crippen LogP contribution in [0.25, 0.3) is 0 Å². The first-order valence-corrected chi connectivity index (χ1v) is 6.61. The molecule has 94 valence electrons. The van der Waals surface area contributed by atoms with Gasteiger partial charge in [-0.15, -0.1) is 0 Å². The Bertz CT molecular complexity index is 464. The average Bonchev–Trinajstić information content (AvgIpc) is 2.42. The summed E-state index contributed by atoms with van der Waals surface area (Å²) in [5.74, 6) is 0. The van der Waals surface area contributed by atoms with Gasteiger partial charge in [-0.2, -0.15) is 0 Å². The predicted molar refractivity (Wildman–Crippen MR) is 76.0 cm³/mol. The van der Waals surface area contributed by atoms with Gasteiger partial charge in [-0.3, -0.25) is 0 Å². The molecular formula is C16H17ClO. The highest BCUT2D eigenvalue weighted by atomic mass is 35.5. The molecular weight excluding hydrogens is 244 g/mol. The van der Waals surface area contributed by atoms with Crippen LogP contribution in [-0.2, 0) is 4.74 Å². The molecule has 0 aromatic heterocycles. The topological polar surface area (TPSA) is 9.23 Å². The molecule has 0 amide bonds. The van der Waals surface area contributed by atoms with Crippen LogP contribution in [0, 0.1) is 0 Å². The van der Waals surface area contributed by atoms with Crippen LogP contribution >= 0.6 is 11.6 Å². The lowest BCUT2D eigenvalue weighted by atomic mass is 10.0. The SMILES string of the molecule is CCCOC(c1ccccc1)c1ccc(Cl)cc1. The Labute approximate surface area is 113 Å². The molecule has 0 aliphatic heterocycles. The summed E-state index contributed by atoms with van der Waals surface area (Å²) in [4.78, 5) is 0. The van der Waals surface area contributed by atoms with Crippen molar-refractivity contribution < 1.29 is 4.74 Å². The van der Waals surface area contributed by atoms with E-state index in [0.29, 0.717) is 0 Å². The summed E-state index contributed by atoms with van der Waals surface area (Å²) in [6.45, 7) is 2.87. The first-order chi connectivity index (χ1) is 8.81. The Morgan fingerprint density at radius 2 is 1.56 bits per heavy atom. The molecule has 2 aromatic rings. The van der Waals surface area contributed by atoms with Crippen molar-refractivity contribution in [1.29, 1.82) is 0 Å². The quantitative estimate of drug-likeness (QED) is 0.746. The second-order valence-electron chi connectivity index (χ2n) is 4.21. The molecule has 1 unspecified atom stereocenters. The Morgan fingerprint density at radius 1 is 0.944 bits per heavy atom. The lowest BCUT2D eigenvalue weighted by Gasteiger charge is -2.18. The second-order valence-corrected chi connectivity index (χ2v) is 4.65. The summed E-state index contributed by atoms with van der Waals surface area (Å²) in [5, 5.41) is 0.751. The van der Waals surface area contributed by atoms with Gasteiger partial charge in [0.05, 0.1) is 0 Å². The van der Waals surface area contributed by atoms with E-state index in [2.05, 4.69) is 19.1 Å². The monoisotopic (exact) mass is 260 g/mol. The van der Waals surface area contributed by atoms with Gasteiger partial charge in [-0.05, 0) is 29.7 Å². The number of halogens is 1. The molecule has 1 nitrogen and oxygen atoms in total. The first kappa shape index (κ1) is 13.1. The van der Waals surface area contributed by atoms with E-state index in [1.165, 1.54) is 5.56 Å². The van der Waals surface area contributed by atoms with Crippen molar-refractivity contribution in [2.75, 3.05) is 6.61 Å². The number of benzene rings is 2. The van der Waals surface area contributed by atoms with Crippen molar-refractivity contribution in [3.8, 4) is 0 Å². The van der Waals surface area contributed by atoms with Gasteiger partial charge in [-0.25, -0.2) is 0 Å². The zero-order chi connectivity index (χ0) is 12.8. The highest BCUT2D eigenvalue weighted by Gasteiger charge is 2.13. The van der Waals surface area contributed by atoms with Crippen LogP contribution in [-0.4, -0.2) is 6.61 Å². The first-order valence-electron chi connectivity index (χ1n) is 6.23. The van der Waals surface area contributed by atoms with E-state index in [9.17, 15) is 0 Å². The highest BCUT2D eigenvalue weighted by molar-refractivity contribution is 6.30. The molecule has 0 fully saturated rings. The molecule has 1 atom stereocenters. The van der Waals surface area contributed by atoms with E-state index in [4.69, 9.17) is 16.3 Å². The summed E-state index contributed by atoms with van der Waals surface area (Å²) in [6.07, 6.45) is 1.00. The van der Waals surface area contributed by atoms with Crippen LogP contribution in [0.4, 0.5) is 0 Å². The third-order valence-corrected chi connectivity index (χ3v) is 3.02. The van der Waals surface area contributed by atoms with Gasteiger partial charge >= 0.3 is 0 Å². The fourth-order valence-electron chi connectivity index (χ4n) is 1.89. The lowest BCUT2D eigenvalue weighted by molar-refractivity contribution is 0.0806. The molecule has 0 heterocycles. The molecule has 0 aliphatic carbocycles.